The Bertz CT molecular complexity index is 566. The zero-order valence-electron chi connectivity index (χ0n) is 12.5. The molecule has 0 spiro atoms. The van der Waals surface area contributed by atoms with Crippen molar-refractivity contribution in [3.63, 3.8) is 0 Å². The van der Waals surface area contributed by atoms with Crippen LogP contribution in [0.5, 0.6) is 0 Å². The standard InChI is InChI=1S/C15H18F3N3S/c1-20(2)13-3-4-21(9-13)8-11-5-12(15(16,17)18)7-14(6-11)22-10-19/h5-7,13H,3-4,8-9H2,1-2H3/t13-/m0/s1. The molecule has 1 aliphatic rings. The zero-order valence-corrected chi connectivity index (χ0v) is 13.3. The van der Waals surface area contributed by atoms with E-state index in [-0.39, 0.29) is 0 Å². The first-order valence-electron chi connectivity index (χ1n) is 6.95. The molecule has 1 fully saturated rings. The van der Waals surface area contributed by atoms with Gasteiger partial charge in [0.1, 0.15) is 5.40 Å². The lowest BCUT2D eigenvalue weighted by atomic mass is 10.1. The van der Waals surface area contributed by atoms with E-state index in [0.717, 1.165) is 37.3 Å². The molecule has 0 saturated carbocycles. The van der Waals surface area contributed by atoms with Crippen LogP contribution in [-0.2, 0) is 12.7 Å². The Morgan fingerprint density at radius 2 is 2.09 bits per heavy atom. The molecule has 0 aromatic heterocycles. The predicted molar refractivity (Wildman–Crippen MR) is 80.3 cm³/mol. The molecular weight excluding hydrogens is 311 g/mol. The number of hydrogen-bond donors (Lipinski definition) is 0. The van der Waals surface area contributed by atoms with Crippen molar-refractivity contribution >= 4 is 11.8 Å². The van der Waals surface area contributed by atoms with Gasteiger partial charge in [-0.1, -0.05) is 0 Å². The normalized spacial score (nSPS) is 19.6. The fraction of sp³-hybridized carbons (Fsp3) is 0.533. The lowest BCUT2D eigenvalue weighted by molar-refractivity contribution is -0.137. The summed E-state index contributed by atoms with van der Waals surface area (Å²) in [6.45, 7) is 2.21. The van der Waals surface area contributed by atoms with Gasteiger partial charge in [-0.05, 0) is 56.0 Å². The van der Waals surface area contributed by atoms with E-state index in [1.54, 1.807) is 6.07 Å². The molecule has 120 valence electrons. The maximum atomic E-state index is 13.0. The minimum absolute atomic E-state index is 0.343. The van der Waals surface area contributed by atoms with Crippen molar-refractivity contribution < 1.29 is 13.2 Å². The second-order valence-electron chi connectivity index (χ2n) is 5.70. The van der Waals surface area contributed by atoms with Crippen LogP contribution in [-0.4, -0.2) is 43.0 Å². The van der Waals surface area contributed by atoms with Crippen molar-refractivity contribution in [3.8, 4) is 5.40 Å². The quantitative estimate of drug-likeness (QED) is 0.625. The van der Waals surface area contributed by atoms with Crippen molar-refractivity contribution in [2.45, 2.75) is 30.1 Å². The van der Waals surface area contributed by atoms with Crippen molar-refractivity contribution in [1.82, 2.24) is 9.80 Å². The summed E-state index contributed by atoms with van der Waals surface area (Å²) in [4.78, 5) is 4.64. The number of hydrogen-bond acceptors (Lipinski definition) is 4. The summed E-state index contributed by atoms with van der Waals surface area (Å²) in [6, 6.07) is 4.33. The van der Waals surface area contributed by atoms with Gasteiger partial charge in [-0.25, -0.2) is 0 Å². The second-order valence-corrected chi connectivity index (χ2v) is 6.56. The van der Waals surface area contributed by atoms with Crippen LogP contribution < -0.4 is 0 Å². The van der Waals surface area contributed by atoms with Crippen LogP contribution in [0.25, 0.3) is 0 Å². The van der Waals surface area contributed by atoms with Crippen molar-refractivity contribution in [2.75, 3.05) is 27.2 Å². The molecule has 1 atom stereocenters. The van der Waals surface area contributed by atoms with Gasteiger partial charge < -0.3 is 4.90 Å². The number of likely N-dealkylation sites (tertiary alicyclic amines) is 1. The molecule has 0 N–H and O–H groups in total. The van der Waals surface area contributed by atoms with E-state index in [1.807, 2.05) is 19.5 Å². The largest absolute Gasteiger partial charge is 0.416 e. The van der Waals surface area contributed by atoms with Gasteiger partial charge in [0.05, 0.1) is 5.56 Å². The first-order chi connectivity index (χ1) is 10.3. The Balaban J connectivity index is 2.17. The average molecular weight is 329 g/mol. The highest BCUT2D eigenvalue weighted by Crippen LogP contribution is 2.33. The maximum absolute atomic E-state index is 13.0. The number of nitriles is 1. The van der Waals surface area contributed by atoms with E-state index in [2.05, 4.69) is 9.80 Å². The summed E-state index contributed by atoms with van der Waals surface area (Å²) in [7, 11) is 4.03. The van der Waals surface area contributed by atoms with Gasteiger partial charge in [-0.15, -0.1) is 0 Å². The Hall–Kier alpha value is -1.23. The highest BCUT2D eigenvalue weighted by atomic mass is 32.2. The summed E-state index contributed by atoms with van der Waals surface area (Å²) >= 11 is 0.762. The van der Waals surface area contributed by atoms with E-state index in [9.17, 15) is 13.2 Å². The molecule has 1 saturated heterocycles. The smallest absolute Gasteiger partial charge is 0.305 e. The molecule has 0 radical (unpaired) electrons. The first kappa shape index (κ1) is 17.1. The molecule has 0 aliphatic carbocycles. The molecule has 0 amide bonds. The van der Waals surface area contributed by atoms with Gasteiger partial charge in [0.2, 0.25) is 0 Å². The highest BCUT2D eigenvalue weighted by Gasteiger charge is 2.32. The van der Waals surface area contributed by atoms with E-state index < -0.39 is 11.7 Å². The van der Waals surface area contributed by atoms with Crippen LogP contribution in [0.4, 0.5) is 13.2 Å². The number of nitrogens with zero attached hydrogens (tertiary/aromatic N) is 3. The fourth-order valence-electron chi connectivity index (χ4n) is 2.66. The minimum atomic E-state index is -4.39. The summed E-state index contributed by atoms with van der Waals surface area (Å²) in [5.41, 5.74) is -0.0851. The molecule has 1 aromatic rings. The molecule has 1 heterocycles. The topological polar surface area (TPSA) is 30.3 Å². The molecule has 1 aliphatic heterocycles. The van der Waals surface area contributed by atoms with E-state index in [4.69, 9.17) is 5.26 Å². The molecule has 2 rings (SSSR count). The zero-order chi connectivity index (χ0) is 16.3. The van der Waals surface area contributed by atoms with Gasteiger partial charge in [-0.3, -0.25) is 4.90 Å². The SMILES string of the molecule is CN(C)[C@H]1CCN(Cc2cc(SC#N)cc(C(F)(F)F)c2)C1. The second kappa shape index (κ2) is 6.90. The third-order valence-corrected chi connectivity index (χ3v) is 4.40. The average Bonchev–Trinajstić information content (AvgIpc) is 2.86. The fourth-order valence-corrected chi connectivity index (χ4v) is 3.16. The first-order valence-corrected chi connectivity index (χ1v) is 7.77. The number of alkyl halides is 3. The third kappa shape index (κ3) is 4.38. The minimum Gasteiger partial charge on any atom is -0.305 e. The van der Waals surface area contributed by atoms with E-state index >= 15 is 0 Å². The van der Waals surface area contributed by atoms with Crippen LogP contribution in [0, 0.1) is 10.7 Å². The van der Waals surface area contributed by atoms with Crippen LogP contribution in [0.2, 0.25) is 0 Å². The van der Waals surface area contributed by atoms with Crippen LogP contribution in [0.15, 0.2) is 23.1 Å². The maximum Gasteiger partial charge on any atom is 0.416 e. The van der Waals surface area contributed by atoms with Crippen LogP contribution in [0.3, 0.4) is 0 Å². The molecule has 1 aromatic carbocycles. The Morgan fingerprint density at radius 3 is 2.64 bits per heavy atom. The van der Waals surface area contributed by atoms with Gasteiger partial charge in [-0.2, -0.15) is 18.4 Å². The number of benzene rings is 1. The van der Waals surface area contributed by atoms with Gasteiger partial charge >= 0.3 is 6.18 Å². The van der Waals surface area contributed by atoms with Crippen LogP contribution >= 0.6 is 11.8 Å². The molecular formula is C15H18F3N3S. The summed E-state index contributed by atoms with van der Waals surface area (Å²) in [5.74, 6) is 0. The third-order valence-electron chi connectivity index (χ3n) is 3.84. The van der Waals surface area contributed by atoms with E-state index in [0.29, 0.717) is 23.0 Å². The van der Waals surface area contributed by atoms with Crippen molar-refractivity contribution in [3.05, 3.63) is 29.3 Å². The van der Waals surface area contributed by atoms with Gasteiger partial charge in [0, 0.05) is 30.6 Å². The molecule has 0 bridgehead atoms. The molecule has 22 heavy (non-hydrogen) atoms. The number of thioether (sulfide) groups is 1. The summed E-state index contributed by atoms with van der Waals surface area (Å²) < 4.78 is 38.9. The van der Waals surface area contributed by atoms with Crippen LogP contribution in [0.1, 0.15) is 17.5 Å². The Morgan fingerprint density at radius 1 is 1.36 bits per heavy atom. The number of rotatable bonds is 4. The lowest BCUT2D eigenvalue weighted by Crippen LogP contribution is -2.31. The number of thiocyanates is 1. The molecule has 0 unspecified atom stereocenters. The number of halogens is 3. The monoisotopic (exact) mass is 329 g/mol. The van der Waals surface area contributed by atoms with Crippen molar-refractivity contribution in [2.24, 2.45) is 0 Å². The van der Waals surface area contributed by atoms with Gasteiger partial charge in [0.25, 0.3) is 0 Å². The predicted octanol–water partition coefficient (Wildman–Crippen LogP) is 3.41. The van der Waals surface area contributed by atoms with Crippen molar-refractivity contribution in [1.29, 1.82) is 5.26 Å². The number of likely N-dealkylation sites (N-methyl/N-ethyl adjacent to an activating group) is 1. The van der Waals surface area contributed by atoms with E-state index in [1.165, 1.54) is 6.07 Å². The summed E-state index contributed by atoms with van der Waals surface area (Å²) in [5, 5.41) is 10.5. The highest BCUT2D eigenvalue weighted by molar-refractivity contribution is 8.03. The lowest BCUT2D eigenvalue weighted by Gasteiger charge is -2.21. The summed E-state index contributed by atoms with van der Waals surface area (Å²) in [6.07, 6.45) is -3.37. The van der Waals surface area contributed by atoms with Gasteiger partial charge in [0.15, 0.2) is 0 Å². The molecule has 3 nitrogen and oxygen atoms in total. The Labute approximate surface area is 132 Å². The molecule has 7 heteroatoms. The Kier molecular flexibility index (Phi) is 5.37.